The summed E-state index contributed by atoms with van der Waals surface area (Å²) in [6.07, 6.45) is 1.64. The number of carbonyl (C=O) groups excluding carboxylic acids is 1. The lowest BCUT2D eigenvalue weighted by Gasteiger charge is -2.33. The van der Waals surface area contributed by atoms with Gasteiger partial charge in [0.2, 0.25) is 5.91 Å². The van der Waals surface area contributed by atoms with Crippen molar-refractivity contribution in [2.24, 2.45) is 0 Å². The van der Waals surface area contributed by atoms with Gasteiger partial charge >= 0.3 is 0 Å². The third-order valence-electron chi connectivity index (χ3n) is 2.22. The van der Waals surface area contributed by atoms with Crippen LogP contribution in [0.4, 0.5) is 0 Å². The number of likely N-dealkylation sites (tertiary alicyclic amines) is 1. The minimum absolute atomic E-state index is 0.205. The zero-order chi connectivity index (χ0) is 8.48. The maximum atomic E-state index is 11.2. The molecule has 64 valence electrons. The summed E-state index contributed by atoms with van der Waals surface area (Å²) < 4.78 is 5.20. The van der Waals surface area contributed by atoms with E-state index in [1.165, 1.54) is 0 Å². The van der Waals surface area contributed by atoms with Crippen LogP contribution in [-0.4, -0.2) is 30.2 Å². The predicted molar refractivity (Wildman–Crippen MR) is 42.0 cm³/mol. The normalized spacial score (nSPS) is 19.5. The van der Waals surface area contributed by atoms with Crippen LogP contribution in [0.5, 0.6) is 0 Å². The van der Waals surface area contributed by atoms with Gasteiger partial charge in [-0.05, 0) is 20.3 Å². The topological polar surface area (TPSA) is 29.5 Å². The zero-order valence-electron chi connectivity index (χ0n) is 7.39. The Kier molecular flexibility index (Phi) is 2.18. The summed E-state index contributed by atoms with van der Waals surface area (Å²) in [6, 6.07) is 0. The average molecular weight is 157 g/mol. The molecule has 0 aromatic heterocycles. The van der Waals surface area contributed by atoms with Crippen molar-refractivity contribution in [1.29, 1.82) is 0 Å². The van der Waals surface area contributed by atoms with Gasteiger partial charge < -0.3 is 9.64 Å². The van der Waals surface area contributed by atoms with E-state index in [0.29, 0.717) is 6.42 Å². The molecule has 0 N–H and O–H groups in total. The molecule has 1 amide bonds. The first kappa shape index (κ1) is 8.53. The van der Waals surface area contributed by atoms with Crippen molar-refractivity contribution in [3.05, 3.63) is 0 Å². The molecule has 0 saturated carbocycles. The first-order valence-electron chi connectivity index (χ1n) is 3.93. The van der Waals surface area contributed by atoms with Gasteiger partial charge in [0.1, 0.15) is 5.72 Å². The van der Waals surface area contributed by atoms with E-state index in [0.717, 1.165) is 13.0 Å². The zero-order valence-corrected chi connectivity index (χ0v) is 7.39. The van der Waals surface area contributed by atoms with Gasteiger partial charge in [-0.15, -0.1) is 0 Å². The summed E-state index contributed by atoms with van der Waals surface area (Å²) in [6.45, 7) is 4.66. The first-order chi connectivity index (χ1) is 5.08. The molecule has 0 aliphatic carbocycles. The molecule has 3 heteroatoms. The van der Waals surface area contributed by atoms with Gasteiger partial charge in [-0.1, -0.05) is 0 Å². The highest BCUT2D eigenvalue weighted by molar-refractivity contribution is 5.78. The fourth-order valence-corrected chi connectivity index (χ4v) is 1.33. The second kappa shape index (κ2) is 2.81. The summed E-state index contributed by atoms with van der Waals surface area (Å²) in [5.74, 6) is 0.205. The van der Waals surface area contributed by atoms with Gasteiger partial charge in [0, 0.05) is 20.1 Å². The van der Waals surface area contributed by atoms with Crippen LogP contribution in [0.1, 0.15) is 26.7 Å². The molecule has 0 aromatic rings. The van der Waals surface area contributed by atoms with Gasteiger partial charge in [0.15, 0.2) is 0 Å². The predicted octanol–water partition coefficient (Wildman–Crippen LogP) is 0.991. The van der Waals surface area contributed by atoms with Crippen molar-refractivity contribution in [3.8, 4) is 0 Å². The van der Waals surface area contributed by atoms with E-state index in [4.69, 9.17) is 4.74 Å². The number of nitrogens with zero attached hydrogens (tertiary/aromatic N) is 1. The number of hydrogen-bond donors (Lipinski definition) is 0. The highest BCUT2D eigenvalue weighted by Gasteiger charge is 2.33. The van der Waals surface area contributed by atoms with E-state index in [9.17, 15) is 4.79 Å². The molecule has 1 aliphatic rings. The Balaban J connectivity index is 2.65. The molecule has 1 rings (SSSR count). The molecule has 1 fully saturated rings. The van der Waals surface area contributed by atoms with Crippen LogP contribution in [-0.2, 0) is 9.53 Å². The second-order valence-electron chi connectivity index (χ2n) is 3.30. The van der Waals surface area contributed by atoms with Crippen LogP contribution >= 0.6 is 0 Å². The van der Waals surface area contributed by atoms with Crippen molar-refractivity contribution in [3.63, 3.8) is 0 Å². The lowest BCUT2D eigenvalue weighted by molar-refractivity contribution is -0.152. The van der Waals surface area contributed by atoms with Crippen LogP contribution < -0.4 is 0 Å². The first-order valence-corrected chi connectivity index (χ1v) is 3.93. The van der Waals surface area contributed by atoms with E-state index >= 15 is 0 Å². The monoisotopic (exact) mass is 157 g/mol. The molecule has 1 heterocycles. The molecule has 0 aromatic carbocycles. The van der Waals surface area contributed by atoms with Gasteiger partial charge in [-0.2, -0.15) is 0 Å². The van der Waals surface area contributed by atoms with E-state index < -0.39 is 5.72 Å². The van der Waals surface area contributed by atoms with Gasteiger partial charge in [-0.25, -0.2) is 0 Å². The van der Waals surface area contributed by atoms with E-state index in [1.54, 1.807) is 12.0 Å². The smallest absolute Gasteiger partial charge is 0.224 e. The number of amides is 1. The van der Waals surface area contributed by atoms with E-state index in [1.807, 2.05) is 13.8 Å². The molecule has 0 unspecified atom stereocenters. The third kappa shape index (κ3) is 1.53. The average Bonchev–Trinajstić information content (AvgIpc) is 2.36. The number of methoxy groups -OCH3 is 1. The SMILES string of the molecule is COC(C)(C)N1CCCC1=O. The molecular weight excluding hydrogens is 142 g/mol. The van der Waals surface area contributed by atoms with Crippen LogP contribution in [0.2, 0.25) is 0 Å². The van der Waals surface area contributed by atoms with Crippen LogP contribution in [0.3, 0.4) is 0 Å². The summed E-state index contributed by atoms with van der Waals surface area (Å²) in [4.78, 5) is 13.0. The van der Waals surface area contributed by atoms with E-state index in [-0.39, 0.29) is 5.91 Å². The molecule has 1 aliphatic heterocycles. The molecule has 1 saturated heterocycles. The largest absolute Gasteiger partial charge is 0.359 e. The van der Waals surface area contributed by atoms with Gasteiger partial charge in [-0.3, -0.25) is 4.79 Å². The fourth-order valence-electron chi connectivity index (χ4n) is 1.33. The molecule has 0 atom stereocenters. The van der Waals surface area contributed by atoms with Gasteiger partial charge in [0.05, 0.1) is 0 Å². The Morgan fingerprint density at radius 2 is 2.18 bits per heavy atom. The Morgan fingerprint density at radius 1 is 1.55 bits per heavy atom. The molecule has 11 heavy (non-hydrogen) atoms. The standard InChI is InChI=1S/C8H15NO2/c1-8(2,11-3)9-6-4-5-7(9)10/h4-6H2,1-3H3. The Labute approximate surface area is 67.3 Å². The Hall–Kier alpha value is -0.570. The van der Waals surface area contributed by atoms with Crippen molar-refractivity contribution in [2.75, 3.05) is 13.7 Å². The maximum Gasteiger partial charge on any atom is 0.224 e. The van der Waals surface area contributed by atoms with Crippen LogP contribution in [0, 0.1) is 0 Å². The van der Waals surface area contributed by atoms with Crippen molar-refractivity contribution in [2.45, 2.75) is 32.4 Å². The quantitative estimate of drug-likeness (QED) is 0.598. The van der Waals surface area contributed by atoms with Crippen molar-refractivity contribution < 1.29 is 9.53 Å². The molecule has 0 radical (unpaired) electrons. The Bertz CT molecular complexity index is 165. The summed E-state index contributed by atoms with van der Waals surface area (Å²) >= 11 is 0. The highest BCUT2D eigenvalue weighted by atomic mass is 16.5. The number of ether oxygens (including phenoxy) is 1. The lowest BCUT2D eigenvalue weighted by atomic mass is 10.2. The molecular formula is C8H15NO2. The van der Waals surface area contributed by atoms with Crippen LogP contribution in [0.15, 0.2) is 0 Å². The second-order valence-corrected chi connectivity index (χ2v) is 3.30. The van der Waals surface area contributed by atoms with E-state index in [2.05, 4.69) is 0 Å². The summed E-state index contributed by atoms with van der Waals surface area (Å²) in [5.41, 5.74) is -0.423. The summed E-state index contributed by atoms with van der Waals surface area (Å²) in [7, 11) is 1.63. The molecule has 0 spiro atoms. The molecule has 0 bridgehead atoms. The van der Waals surface area contributed by atoms with Crippen molar-refractivity contribution in [1.82, 2.24) is 4.90 Å². The highest BCUT2D eigenvalue weighted by Crippen LogP contribution is 2.21. The third-order valence-corrected chi connectivity index (χ3v) is 2.22. The Morgan fingerprint density at radius 3 is 2.55 bits per heavy atom. The van der Waals surface area contributed by atoms with Crippen LogP contribution in [0.25, 0.3) is 0 Å². The minimum atomic E-state index is -0.423. The summed E-state index contributed by atoms with van der Waals surface area (Å²) in [5, 5.41) is 0. The lowest BCUT2D eigenvalue weighted by Crippen LogP contribution is -2.45. The molecule has 3 nitrogen and oxygen atoms in total. The van der Waals surface area contributed by atoms with Gasteiger partial charge in [0.25, 0.3) is 0 Å². The maximum absolute atomic E-state index is 11.2. The number of rotatable bonds is 2. The van der Waals surface area contributed by atoms with Crippen molar-refractivity contribution >= 4 is 5.91 Å². The number of carbonyl (C=O) groups is 1. The fraction of sp³-hybridized carbons (Fsp3) is 0.875. The number of hydrogen-bond acceptors (Lipinski definition) is 2. The minimum Gasteiger partial charge on any atom is -0.359 e.